The third-order valence-corrected chi connectivity index (χ3v) is 3.90. The number of hydrogen-bond acceptors (Lipinski definition) is 8. The van der Waals surface area contributed by atoms with E-state index < -0.39 is 6.23 Å². The van der Waals surface area contributed by atoms with Crippen LogP contribution in [0.3, 0.4) is 0 Å². The van der Waals surface area contributed by atoms with Crippen molar-refractivity contribution < 1.29 is 14.2 Å². The fourth-order valence-electron chi connectivity index (χ4n) is 2.89. The molecule has 0 bridgehead atoms. The Bertz CT molecular complexity index is 648. The molecule has 2 aromatic heterocycles. The van der Waals surface area contributed by atoms with Crippen LogP contribution >= 0.6 is 0 Å². The van der Waals surface area contributed by atoms with E-state index in [0.717, 1.165) is 0 Å². The monoisotopic (exact) mass is 308 g/mol. The predicted molar refractivity (Wildman–Crippen MR) is 79.2 cm³/mol. The summed E-state index contributed by atoms with van der Waals surface area (Å²) in [5, 5.41) is 3.10. The molecule has 9 heteroatoms. The van der Waals surface area contributed by atoms with Gasteiger partial charge >= 0.3 is 0 Å². The van der Waals surface area contributed by atoms with E-state index in [1.54, 1.807) is 20.5 Å². The van der Waals surface area contributed by atoms with Gasteiger partial charge in [0.15, 0.2) is 17.7 Å². The quantitative estimate of drug-likeness (QED) is 0.765. The zero-order chi connectivity index (χ0) is 15.7. The van der Waals surface area contributed by atoms with E-state index in [-0.39, 0.29) is 18.3 Å². The second-order valence-corrected chi connectivity index (χ2v) is 5.11. The van der Waals surface area contributed by atoms with Crippen LogP contribution in [0, 0.1) is 0 Å². The molecule has 3 rings (SSSR count). The first kappa shape index (κ1) is 15.1. The van der Waals surface area contributed by atoms with Crippen molar-refractivity contribution in [3.8, 4) is 0 Å². The molecule has 22 heavy (non-hydrogen) atoms. The van der Waals surface area contributed by atoms with Crippen LogP contribution in [0.4, 0.5) is 5.82 Å². The van der Waals surface area contributed by atoms with E-state index in [9.17, 15) is 0 Å². The number of fused-ring (bicyclic) bond motifs is 1. The van der Waals surface area contributed by atoms with Gasteiger partial charge in [0.2, 0.25) is 0 Å². The first-order chi connectivity index (χ1) is 10.7. The highest BCUT2D eigenvalue weighted by molar-refractivity contribution is 5.81. The predicted octanol–water partition coefficient (Wildman–Crippen LogP) is -0.445. The lowest BCUT2D eigenvalue weighted by molar-refractivity contribution is -0.0513. The van der Waals surface area contributed by atoms with Gasteiger partial charge in [0.05, 0.1) is 6.33 Å². The Balaban J connectivity index is 2.00. The van der Waals surface area contributed by atoms with Gasteiger partial charge in [-0.15, -0.1) is 0 Å². The molecule has 0 amide bonds. The largest absolute Gasteiger partial charge is 0.382 e. The Kier molecular flexibility index (Phi) is 4.21. The normalized spacial score (nSPS) is 28.5. The number of methoxy groups -OCH3 is 2. The molecule has 2 aromatic rings. The Morgan fingerprint density at radius 3 is 2.73 bits per heavy atom. The van der Waals surface area contributed by atoms with Gasteiger partial charge in [-0.3, -0.25) is 4.57 Å². The fraction of sp³-hybridized carbons (Fsp3) is 0.615. The molecule has 3 heterocycles. The number of nitrogens with zero attached hydrogens (tertiary/aromatic N) is 4. The van der Waals surface area contributed by atoms with Crippen LogP contribution in [0.5, 0.6) is 0 Å². The van der Waals surface area contributed by atoms with Crippen molar-refractivity contribution in [1.82, 2.24) is 24.8 Å². The van der Waals surface area contributed by atoms with Crippen LogP contribution in [-0.4, -0.2) is 65.6 Å². The number of anilines is 1. The number of hydrogen-bond donors (Lipinski definition) is 2. The molecule has 0 spiro atoms. The molecule has 4 atom stereocenters. The first-order valence-corrected chi connectivity index (χ1v) is 7.00. The summed E-state index contributed by atoms with van der Waals surface area (Å²) in [6.45, 7) is 0.651. The Hall–Kier alpha value is -1.81. The summed E-state index contributed by atoms with van der Waals surface area (Å²) in [4.78, 5) is 12.5. The van der Waals surface area contributed by atoms with E-state index in [1.807, 2.05) is 11.6 Å². The van der Waals surface area contributed by atoms with E-state index in [4.69, 9.17) is 19.9 Å². The molecule has 3 N–H and O–H groups in total. The standard InChI is InChI=1S/C13H20N6O3/c1-15-4-7-9(20-2)10(21-3)13(22-7)19-6-18-8-11(14)16-5-17-12(8)19/h5-7,9-10,13,15H,4H2,1-3H3,(H2,14,16,17)/t7-,9?,10?,13-/m1/s1. The number of nitrogens with one attached hydrogen (secondary N) is 1. The lowest BCUT2D eigenvalue weighted by atomic mass is 10.1. The minimum Gasteiger partial charge on any atom is -0.382 e. The lowest BCUT2D eigenvalue weighted by Crippen LogP contribution is -2.39. The summed E-state index contributed by atoms with van der Waals surface area (Å²) in [5.41, 5.74) is 6.99. The van der Waals surface area contributed by atoms with Gasteiger partial charge in [0, 0.05) is 20.8 Å². The van der Waals surface area contributed by atoms with Gasteiger partial charge < -0.3 is 25.3 Å². The van der Waals surface area contributed by atoms with Gasteiger partial charge in [0.25, 0.3) is 0 Å². The van der Waals surface area contributed by atoms with Crippen molar-refractivity contribution >= 4 is 17.0 Å². The van der Waals surface area contributed by atoms with Crippen molar-refractivity contribution in [1.29, 1.82) is 0 Å². The molecule has 1 saturated heterocycles. The van der Waals surface area contributed by atoms with Crippen molar-refractivity contribution in [3.05, 3.63) is 12.7 Å². The van der Waals surface area contributed by atoms with Crippen LogP contribution in [0.15, 0.2) is 12.7 Å². The number of nitrogen functional groups attached to an aromatic ring is 1. The summed E-state index contributed by atoms with van der Waals surface area (Å²) >= 11 is 0. The Morgan fingerprint density at radius 2 is 2.05 bits per heavy atom. The van der Waals surface area contributed by atoms with Crippen LogP contribution in [-0.2, 0) is 14.2 Å². The zero-order valence-electron chi connectivity index (χ0n) is 12.8. The third kappa shape index (κ3) is 2.31. The maximum Gasteiger partial charge on any atom is 0.167 e. The van der Waals surface area contributed by atoms with Crippen molar-refractivity contribution in [2.45, 2.75) is 24.5 Å². The Morgan fingerprint density at radius 1 is 1.27 bits per heavy atom. The maximum atomic E-state index is 6.11. The average Bonchev–Trinajstić information content (AvgIpc) is 3.09. The van der Waals surface area contributed by atoms with E-state index in [1.165, 1.54) is 6.33 Å². The molecule has 120 valence electrons. The second kappa shape index (κ2) is 6.13. The number of ether oxygens (including phenoxy) is 3. The molecule has 2 unspecified atom stereocenters. The molecule has 9 nitrogen and oxygen atoms in total. The van der Waals surface area contributed by atoms with Gasteiger partial charge in [-0.1, -0.05) is 0 Å². The molecule has 1 fully saturated rings. The number of likely N-dealkylation sites (N-methyl/N-ethyl adjacent to an activating group) is 1. The minimum absolute atomic E-state index is 0.137. The van der Waals surface area contributed by atoms with Crippen molar-refractivity contribution in [2.75, 3.05) is 33.5 Å². The number of rotatable bonds is 5. The minimum atomic E-state index is -0.396. The smallest absolute Gasteiger partial charge is 0.167 e. The highest BCUT2D eigenvalue weighted by atomic mass is 16.6. The van der Waals surface area contributed by atoms with Crippen LogP contribution in [0.1, 0.15) is 6.23 Å². The van der Waals surface area contributed by atoms with Gasteiger partial charge in [0.1, 0.15) is 30.2 Å². The molecule has 0 aliphatic carbocycles. The summed E-state index contributed by atoms with van der Waals surface area (Å²) in [6, 6.07) is 0. The summed E-state index contributed by atoms with van der Waals surface area (Å²) < 4.78 is 19.1. The lowest BCUT2D eigenvalue weighted by Gasteiger charge is -2.22. The Labute approximate surface area is 127 Å². The summed E-state index contributed by atoms with van der Waals surface area (Å²) in [6.07, 6.45) is 2.04. The van der Waals surface area contributed by atoms with Crippen LogP contribution < -0.4 is 11.1 Å². The van der Waals surface area contributed by atoms with Gasteiger partial charge in [-0.25, -0.2) is 15.0 Å². The molecule has 0 aromatic carbocycles. The third-order valence-electron chi connectivity index (χ3n) is 3.90. The SMILES string of the molecule is CNC[C@H]1O[C@@H](n2cnc3c(N)ncnc32)C(OC)C1OC. The second-order valence-electron chi connectivity index (χ2n) is 5.11. The topological polar surface area (TPSA) is 109 Å². The maximum absolute atomic E-state index is 6.11. The highest BCUT2D eigenvalue weighted by Gasteiger charge is 2.46. The van der Waals surface area contributed by atoms with E-state index in [2.05, 4.69) is 20.3 Å². The molecule has 1 aliphatic heterocycles. The molecule has 0 saturated carbocycles. The molecule has 0 radical (unpaired) electrons. The summed E-state index contributed by atoms with van der Waals surface area (Å²) in [7, 11) is 5.15. The molecular weight excluding hydrogens is 288 g/mol. The molecular formula is C13H20N6O3. The van der Waals surface area contributed by atoms with E-state index >= 15 is 0 Å². The average molecular weight is 308 g/mol. The van der Waals surface area contributed by atoms with Gasteiger partial charge in [-0.2, -0.15) is 0 Å². The van der Waals surface area contributed by atoms with Crippen molar-refractivity contribution in [3.63, 3.8) is 0 Å². The number of aromatic nitrogens is 4. The van der Waals surface area contributed by atoms with Crippen molar-refractivity contribution in [2.24, 2.45) is 0 Å². The van der Waals surface area contributed by atoms with Crippen LogP contribution in [0.2, 0.25) is 0 Å². The van der Waals surface area contributed by atoms with E-state index in [0.29, 0.717) is 23.5 Å². The summed E-state index contributed by atoms with van der Waals surface area (Å²) in [5.74, 6) is 0.339. The van der Waals surface area contributed by atoms with Gasteiger partial charge in [-0.05, 0) is 7.05 Å². The number of nitrogens with two attached hydrogens (primary N) is 1. The number of imidazole rings is 1. The van der Waals surface area contributed by atoms with Crippen LogP contribution in [0.25, 0.3) is 11.2 Å². The molecule has 1 aliphatic rings. The fourth-order valence-corrected chi connectivity index (χ4v) is 2.89. The first-order valence-electron chi connectivity index (χ1n) is 7.00. The highest BCUT2D eigenvalue weighted by Crippen LogP contribution is 2.34. The zero-order valence-corrected chi connectivity index (χ0v) is 12.8.